The fourth-order valence-electron chi connectivity index (χ4n) is 0.733. The molecule has 0 atom stereocenters. The van der Waals surface area contributed by atoms with Gasteiger partial charge in [0, 0.05) is 13.1 Å². The minimum Gasteiger partial charge on any atom is -0.395 e. The fourth-order valence-corrected chi connectivity index (χ4v) is 0.733. The molecule has 15 heavy (non-hydrogen) atoms. The smallest absolute Gasteiger partial charge is 0.309 e. The van der Waals surface area contributed by atoms with Crippen LogP contribution in [0.4, 0.5) is 0 Å². The summed E-state index contributed by atoms with van der Waals surface area (Å²) < 4.78 is 4.86. The van der Waals surface area contributed by atoms with Crippen molar-refractivity contribution in [2.75, 3.05) is 39.5 Å². The van der Waals surface area contributed by atoms with E-state index >= 15 is 0 Å². The average Bonchev–Trinajstić information content (AvgIpc) is 2.25. The standard InChI is InChI=1S/C8H16N2O5/c11-3-1-9-7(13)8(14)10-2-5-15-6-4-12/h11-12H,1-6H2,(H,9,13)(H,10,14). The van der Waals surface area contributed by atoms with E-state index in [0.29, 0.717) is 0 Å². The van der Waals surface area contributed by atoms with Crippen molar-refractivity contribution in [3.05, 3.63) is 0 Å². The summed E-state index contributed by atoms with van der Waals surface area (Å²) in [5, 5.41) is 21.3. The summed E-state index contributed by atoms with van der Waals surface area (Å²) in [6.07, 6.45) is 0. The van der Waals surface area contributed by atoms with Gasteiger partial charge in [-0.1, -0.05) is 0 Å². The van der Waals surface area contributed by atoms with Crippen LogP contribution in [-0.4, -0.2) is 61.5 Å². The van der Waals surface area contributed by atoms with Gasteiger partial charge in [-0.2, -0.15) is 0 Å². The second-order valence-electron chi connectivity index (χ2n) is 2.57. The highest BCUT2D eigenvalue weighted by atomic mass is 16.5. The van der Waals surface area contributed by atoms with Crippen molar-refractivity contribution >= 4 is 11.8 Å². The van der Waals surface area contributed by atoms with Crippen LogP contribution in [0.25, 0.3) is 0 Å². The zero-order valence-electron chi connectivity index (χ0n) is 8.36. The van der Waals surface area contributed by atoms with E-state index in [1.165, 1.54) is 0 Å². The largest absolute Gasteiger partial charge is 0.395 e. The molecular formula is C8H16N2O5. The summed E-state index contributed by atoms with van der Waals surface area (Å²) in [7, 11) is 0. The van der Waals surface area contributed by atoms with Gasteiger partial charge in [0.2, 0.25) is 0 Å². The normalized spacial score (nSPS) is 9.73. The minimum atomic E-state index is -0.786. The molecule has 0 aliphatic carbocycles. The molecule has 0 spiro atoms. The highest BCUT2D eigenvalue weighted by Crippen LogP contribution is 1.73. The van der Waals surface area contributed by atoms with Gasteiger partial charge in [-0.15, -0.1) is 0 Å². The first-order valence-electron chi connectivity index (χ1n) is 4.58. The van der Waals surface area contributed by atoms with E-state index in [4.69, 9.17) is 14.9 Å². The first-order valence-corrected chi connectivity index (χ1v) is 4.58. The maximum absolute atomic E-state index is 11.0. The summed E-state index contributed by atoms with van der Waals surface area (Å²) in [6, 6.07) is 0. The zero-order valence-corrected chi connectivity index (χ0v) is 8.36. The molecule has 0 aromatic carbocycles. The van der Waals surface area contributed by atoms with Crippen LogP contribution in [0.15, 0.2) is 0 Å². The molecule has 0 aliphatic rings. The van der Waals surface area contributed by atoms with Crippen LogP contribution in [0.5, 0.6) is 0 Å². The molecule has 0 radical (unpaired) electrons. The van der Waals surface area contributed by atoms with Crippen LogP contribution in [0.3, 0.4) is 0 Å². The van der Waals surface area contributed by atoms with Crippen molar-refractivity contribution in [2.24, 2.45) is 0 Å². The monoisotopic (exact) mass is 220 g/mol. The summed E-state index contributed by atoms with van der Waals surface area (Å²) in [5.74, 6) is -1.55. The third-order valence-electron chi connectivity index (χ3n) is 1.37. The van der Waals surface area contributed by atoms with Crippen LogP contribution >= 0.6 is 0 Å². The average molecular weight is 220 g/mol. The van der Waals surface area contributed by atoms with Crippen molar-refractivity contribution in [1.29, 1.82) is 0 Å². The molecule has 0 saturated heterocycles. The molecule has 0 bridgehead atoms. The summed E-state index contributed by atoms with van der Waals surface area (Å²) in [6.45, 7) is 0.397. The summed E-state index contributed by atoms with van der Waals surface area (Å²) in [5.41, 5.74) is 0. The third-order valence-corrected chi connectivity index (χ3v) is 1.37. The quantitative estimate of drug-likeness (QED) is 0.274. The maximum atomic E-state index is 11.0. The Kier molecular flexibility index (Phi) is 8.64. The molecular weight excluding hydrogens is 204 g/mol. The molecule has 7 heteroatoms. The number of nitrogens with one attached hydrogen (secondary N) is 2. The van der Waals surface area contributed by atoms with E-state index in [-0.39, 0.29) is 39.5 Å². The molecule has 0 rings (SSSR count). The topological polar surface area (TPSA) is 108 Å². The first-order chi connectivity index (χ1) is 7.22. The lowest BCUT2D eigenvalue weighted by atomic mass is 10.5. The predicted molar refractivity (Wildman–Crippen MR) is 51.0 cm³/mol. The third kappa shape index (κ3) is 7.86. The highest BCUT2D eigenvalue weighted by Gasteiger charge is 2.10. The van der Waals surface area contributed by atoms with Crippen LogP contribution in [0.2, 0.25) is 0 Å². The van der Waals surface area contributed by atoms with Crippen molar-refractivity contribution in [1.82, 2.24) is 10.6 Å². The van der Waals surface area contributed by atoms with E-state index in [2.05, 4.69) is 10.6 Å². The number of carbonyl (C=O) groups is 2. The fraction of sp³-hybridized carbons (Fsp3) is 0.750. The molecule has 4 N–H and O–H groups in total. The van der Waals surface area contributed by atoms with Gasteiger partial charge in [-0.3, -0.25) is 9.59 Å². The number of hydrogen-bond donors (Lipinski definition) is 4. The number of carbonyl (C=O) groups excluding carboxylic acids is 2. The number of aliphatic hydroxyl groups is 2. The summed E-state index contributed by atoms with van der Waals surface area (Å²) >= 11 is 0. The molecule has 0 unspecified atom stereocenters. The molecule has 88 valence electrons. The Morgan fingerprint density at radius 1 is 0.933 bits per heavy atom. The van der Waals surface area contributed by atoms with Crippen LogP contribution in [0.1, 0.15) is 0 Å². The molecule has 0 saturated carbocycles. The number of hydrogen-bond acceptors (Lipinski definition) is 5. The Labute approximate surface area is 87.4 Å². The zero-order chi connectivity index (χ0) is 11.5. The molecule has 2 amide bonds. The van der Waals surface area contributed by atoms with Gasteiger partial charge in [0.15, 0.2) is 0 Å². The maximum Gasteiger partial charge on any atom is 0.309 e. The predicted octanol–water partition coefficient (Wildman–Crippen LogP) is -2.78. The van der Waals surface area contributed by atoms with Gasteiger partial charge in [0.05, 0.1) is 26.4 Å². The SMILES string of the molecule is O=C(NCCO)C(=O)NCCOCCO. The van der Waals surface area contributed by atoms with Gasteiger partial charge in [0.1, 0.15) is 0 Å². The Morgan fingerprint density at radius 3 is 2.07 bits per heavy atom. The highest BCUT2D eigenvalue weighted by molar-refractivity contribution is 6.35. The van der Waals surface area contributed by atoms with Crippen molar-refractivity contribution < 1.29 is 24.5 Å². The van der Waals surface area contributed by atoms with Gasteiger partial charge >= 0.3 is 11.8 Å². The number of rotatable bonds is 7. The van der Waals surface area contributed by atoms with Gasteiger partial charge < -0.3 is 25.6 Å². The van der Waals surface area contributed by atoms with Gasteiger partial charge in [-0.25, -0.2) is 0 Å². The van der Waals surface area contributed by atoms with Crippen molar-refractivity contribution in [3.8, 4) is 0 Å². The van der Waals surface area contributed by atoms with E-state index in [1.54, 1.807) is 0 Å². The van der Waals surface area contributed by atoms with E-state index < -0.39 is 11.8 Å². The van der Waals surface area contributed by atoms with Gasteiger partial charge in [0.25, 0.3) is 0 Å². The Balaban J connectivity index is 3.43. The molecule has 0 aromatic heterocycles. The van der Waals surface area contributed by atoms with E-state index in [9.17, 15) is 9.59 Å². The van der Waals surface area contributed by atoms with Gasteiger partial charge in [-0.05, 0) is 0 Å². The van der Waals surface area contributed by atoms with Crippen LogP contribution < -0.4 is 10.6 Å². The molecule has 0 heterocycles. The Morgan fingerprint density at radius 2 is 1.53 bits per heavy atom. The summed E-state index contributed by atoms with van der Waals surface area (Å²) in [4.78, 5) is 21.9. The number of amides is 2. The van der Waals surface area contributed by atoms with Crippen molar-refractivity contribution in [3.63, 3.8) is 0 Å². The Bertz CT molecular complexity index is 197. The second-order valence-corrected chi connectivity index (χ2v) is 2.57. The Hall–Kier alpha value is -1.18. The number of ether oxygens (including phenoxy) is 1. The molecule has 0 aliphatic heterocycles. The second kappa shape index (κ2) is 9.38. The minimum absolute atomic E-state index is 0.0489. The van der Waals surface area contributed by atoms with Crippen LogP contribution in [0, 0.1) is 0 Å². The van der Waals surface area contributed by atoms with Crippen LogP contribution in [-0.2, 0) is 14.3 Å². The van der Waals surface area contributed by atoms with E-state index in [0.717, 1.165) is 0 Å². The molecule has 7 nitrogen and oxygen atoms in total. The lowest BCUT2D eigenvalue weighted by molar-refractivity contribution is -0.139. The first kappa shape index (κ1) is 13.8. The number of aliphatic hydroxyl groups excluding tert-OH is 2. The lowest BCUT2D eigenvalue weighted by Crippen LogP contribution is -2.42. The molecule has 0 fully saturated rings. The van der Waals surface area contributed by atoms with Crippen molar-refractivity contribution in [2.45, 2.75) is 0 Å². The lowest BCUT2D eigenvalue weighted by Gasteiger charge is -2.05. The molecule has 0 aromatic rings. The van der Waals surface area contributed by atoms with E-state index in [1.807, 2.05) is 0 Å².